The van der Waals surface area contributed by atoms with Crippen molar-refractivity contribution in [2.75, 3.05) is 12.4 Å². The predicted molar refractivity (Wildman–Crippen MR) is 136 cm³/mol. The number of aryl methyl sites for hydroxylation is 1. The van der Waals surface area contributed by atoms with Crippen LogP contribution >= 0.6 is 31.9 Å². The maximum absolute atomic E-state index is 12.7. The minimum Gasteiger partial charge on any atom is -0.493 e. The first-order valence-electron chi connectivity index (χ1n) is 9.70. The summed E-state index contributed by atoms with van der Waals surface area (Å²) >= 11 is 6.62. The molecule has 3 aromatic rings. The maximum Gasteiger partial charge on any atom is 0.339 e. The van der Waals surface area contributed by atoms with Gasteiger partial charge in [-0.05, 0) is 83.0 Å². The number of anilines is 1. The van der Waals surface area contributed by atoms with Crippen LogP contribution in [-0.2, 0) is 14.9 Å². The summed E-state index contributed by atoms with van der Waals surface area (Å²) < 4.78 is 37.2. The molecule has 0 aliphatic rings. The molecule has 0 bridgehead atoms. The number of halogens is 2. The lowest BCUT2D eigenvalue weighted by molar-refractivity contribution is -0.112. The van der Waals surface area contributed by atoms with Crippen molar-refractivity contribution in [2.45, 2.75) is 11.8 Å². The van der Waals surface area contributed by atoms with Gasteiger partial charge < -0.3 is 14.2 Å². The average Bonchev–Trinajstić information content (AvgIpc) is 2.80. The number of carbonyl (C=O) groups excluding carboxylic acids is 1. The third-order valence-electron chi connectivity index (χ3n) is 4.53. The zero-order valence-electron chi connectivity index (χ0n) is 18.0. The van der Waals surface area contributed by atoms with Crippen LogP contribution in [0.15, 0.2) is 80.1 Å². The number of nitriles is 1. The van der Waals surface area contributed by atoms with Gasteiger partial charge in [0.25, 0.3) is 5.91 Å². The van der Waals surface area contributed by atoms with Gasteiger partial charge in [0.05, 0.1) is 11.6 Å². The molecule has 0 saturated heterocycles. The lowest BCUT2D eigenvalue weighted by atomic mass is 10.1. The Bertz CT molecular complexity index is 1400. The summed E-state index contributed by atoms with van der Waals surface area (Å²) in [6, 6.07) is 18.0. The second kappa shape index (κ2) is 10.9. The van der Waals surface area contributed by atoms with Crippen molar-refractivity contribution < 1.29 is 22.1 Å². The molecular formula is C24H18Br2N2O5S. The molecule has 3 aromatic carbocycles. The lowest BCUT2D eigenvalue weighted by Crippen LogP contribution is -2.13. The number of amides is 1. The smallest absolute Gasteiger partial charge is 0.339 e. The molecule has 0 aromatic heterocycles. The van der Waals surface area contributed by atoms with Crippen LogP contribution in [0.25, 0.3) is 6.08 Å². The summed E-state index contributed by atoms with van der Waals surface area (Å²) in [5, 5.41) is 12.1. The number of rotatable bonds is 7. The first kappa shape index (κ1) is 25.5. The molecule has 0 unspecified atom stereocenters. The van der Waals surface area contributed by atoms with E-state index in [1.54, 1.807) is 36.4 Å². The van der Waals surface area contributed by atoms with E-state index in [-0.39, 0.29) is 26.4 Å². The predicted octanol–water partition coefficient (Wildman–Crippen LogP) is 5.84. The van der Waals surface area contributed by atoms with Crippen molar-refractivity contribution in [1.29, 1.82) is 5.26 Å². The van der Waals surface area contributed by atoms with E-state index in [2.05, 4.69) is 37.2 Å². The van der Waals surface area contributed by atoms with Crippen LogP contribution in [0.4, 0.5) is 5.69 Å². The van der Waals surface area contributed by atoms with Crippen LogP contribution in [-0.4, -0.2) is 21.4 Å². The first-order chi connectivity index (χ1) is 16.1. The van der Waals surface area contributed by atoms with E-state index in [0.717, 1.165) is 10.0 Å². The van der Waals surface area contributed by atoms with Gasteiger partial charge in [0.2, 0.25) is 0 Å². The Kier molecular flexibility index (Phi) is 8.15. The fourth-order valence-electron chi connectivity index (χ4n) is 2.81. The number of hydrogen-bond acceptors (Lipinski definition) is 6. The molecule has 0 heterocycles. The Morgan fingerprint density at radius 3 is 2.29 bits per heavy atom. The number of methoxy groups -OCH3 is 1. The molecule has 7 nitrogen and oxygen atoms in total. The topological polar surface area (TPSA) is 105 Å². The number of carbonyl (C=O) groups is 1. The Morgan fingerprint density at radius 1 is 1.06 bits per heavy atom. The highest BCUT2D eigenvalue weighted by atomic mass is 79.9. The van der Waals surface area contributed by atoms with E-state index in [1.807, 2.05) is 13.0 Å². The van der Waals surface area contributed by atoms with Crippen LogP contribution in [0.1, 0.15) is 11.1 Å². The Morgan fingerprint density at radius 2 is 1.71 bits per heavy atom. The molecule has 1 amide bonds. The van der Waals surface area contributed by atoms with Gasteiger partial charge in [-0.3, -0.25) is 4.79 Å². The minimum atomic E-state index is -4.12. The fraction of sp³-hybridized carbons (Fsp3) is 0.0833. The Balaban J connectivity index is 1.90. The molecule has 0 aliphatic carbocycles. The highest BCUT2D eigenvalue weighted by Gasteiger charge is 2.22. The van der Waals surface area contributed by atoms with E-state index in [4.69, 9.17) is 8.92 Å². The van der Waals surface area contributed by atoms with Crippen molar-refractivity contribution in [3.63, 3.8) is 0 Å². The summed E-state index contributed by atoms with van der Waals surface area (Å²) in [5.41, 5.74) is 1.70. The zero-order valence-corrected chi connectivity index (χ0v) is 22.0. The number of benzene rings is 3. The standard InChI is InChI=1S/C24H18Br2N2O5S/c1-15-3-9-20(10-4-15)34(30,31)33-23-21(26)12-16(13-22(23)32-2)11-17(14-27)24(29)28-19-7-5-18(25)6-8-19/h3-13H,1-2H3,(H,28,29)/b17-11+. The second-order valence-corrected chi connectivity index (χ2v) is 10.3. The first-order valence-corrected chi connectivity index (χ1v) is 12.7. The van der Waals surface area contributed by atoms with E-state index >= 15 is 0 Å². The minimum absolute atomic E-state index is 0.00703. The molecule has 0 atom stereocenters. The van der Waals surface area contributed by atoms with Crippen molar-refractivity contribution in [3.05, 3.63) is 86.3 Å². The summed E-state index contributed by atoms with van der Waals surface area (Å²) in [6.45, 7) is 1.85. The number of nitrogens with zero attached hydrogens (tertiary/aromatic N) is 1. The van der Waals surface area contributed by atoms with Gasteiger partial charge in [0, 0.05) is 10.2 Å². The van der Waals surface area contributed by atoms with Crippen LogP contribution in [0, 0.1) is 18.3 Å². The van der Waals surface area contributed by atoms with Gasteiger partial charge >= 0.3 is 10.1 Å². The van der Waals surface area contributed by atoms with Crippen LogP contribution in [0.2, 0.25) is 0 Å². The van der Waals surface area contributed by atoms with Crippen molar-refractivity contribution >= 4 is 59.6 Å². The fourth-order valence-corrected chi connectivity index (χ4v) is 4.68. The lowest BCUT2D eigenvalue weighted by Gasteiger charge is -2.14. The SMILES string of the molecule is COc1cc(/C=C(\C#N)C(=O)Nc2ccc(Br)cc2)cc(Br)c1OS(=O)(=O)c1ccc(C)cc1. The summed E-state index contributed by atoms with van der Waals surface area (Å²) in [4.78, 5) is 12.5. The molecule has 0 fully saturated rings. The largest absolute Gasteiger partial charge is 0.493 e. The van der Waals surface area contributed by atoms with Crippen molar-refractivity contribution in [1.82, 2.24) is 0 Å². The molecule has 34 heavy (non-hydrogen) atoms. The molecule has 174 valence electrons. The highest BCUT2D eigenvalue weighted by Crippen LogP contribution is 2.39. The average molecular weight is 606 g/mol. The Hall–Kier alpha value is -3.13. The quantitative estimate of drug-likeness (QED) is 0.206. The summed E-state index contributed by atoms with van der Waals surface area (Å²) in [6.07, 6.45) is 1.36. The summed E-state index contributed by atoms with van der Waals surface area (Å²) in [5.74, 6) is -0.554. The molecule has 10 heteroatoms. The van der Waals surface area contributed by atoms with E-state index < -0.39 is 16.0 Å². The Labute approximate surface area is 214 Å². The maximum atomic E-state index is 12.7. The monoisotopic (exact) mass is 604 g/mol. The zero-order chi connectivity index (χ0) is 24.9. The van der Waals surface area contributed by atoms with Crippen molar-refractivity contribution in [2.24, 2.45) is 0 Å². The molecule has 0 aliphatic heterocycles. The van der Waals surface area contributed by atoms with Crippen LogP contribution < -0.4 is 14.2 Å². The third kappa shape index (κ3) is 6.26. The number of ether oxygens (including phenoxy) is 1. The molecule has 0 radical (unpaired) electrons. The van der Waals surface area contributed by atoms with Gasteiger partial charge in [-0.1, -0.05) is 33.6 Å². The normalized spacial score (nSPS) is 11.4. The molecule has 0 spiro atoms. The molecule has 3 rings (SSSR count). The van der Waals surface area contributed by atoms with E-state index in [0.29, 0.717) is 11.3 Å². The van der Waals surface area contributed by atoms with Gasteiger partial charge in [-0.25, -0.2) is 0 Å². The van der Waals surface area contributed by atoms with Gasteiger partial charge in [-0.15, -0.1) is 0 Å². The van der Waals surface area contributed by atoms with Gasteiger partial charge in [0.1, 0.15) is 16.5 Å². The van der Waals surface area contributed by atoms with E-state index in [1.165, 1.54) is 37.5 Å². The second-order valence-electron chi connectivity index (χ2n) is 7.02. The molecule has 0 saturated carbocycles. The van der Waals surface area contributed by atoms with Gasteiger partial charge in [0.15, 0.2) is 11.5 Å². The van der Waals surface area contributed by atoms with Crippen molar-refractivity contribution in [3.8, 4) is 17.6 Å². The summed E-state index contributed by atoms with van der Waals surface area (Å²) in [7, 11) is -2.77. The molecule has 1 N–H and O–H groups in total. The van der Waals surface area contributed by atoms with Crippen LogP contribution in [0.3, 0.4) is 0 Å². The molecular weight excluding hydrogens is 588 g/mol. The van der Waals surface area contributed by atoms with Crippen LogP contribution in [0.5, 0.6) is 11.5 Å². The highest BCUT2D eigenvalue weighted by molar-refractivity contribution is 9.10. The number of nitrogens with one attached hydrogen (secondary N) is 1. The third-order valence-corrected chi connectivity index (χ3v) is 6.89. The number of hydrogen-bond donors (Lipinski definition) is 1. The van der Waals surface area contributed by atoms with Gasteiger partial charge in [-0.2, -0.15) is 13.7 Å². The van der Waals surface area contributed by atoms with E-state index in [9.17, 15) is 18.5 Å².